The monoisotopic (exact) mass is 576 g/mol. The van der Waals surface area contributed by atoms with Crippen molar-refractivity contribution < 1.29 is 9.53 Å². The first-order chi connectivity index (χ1) is 20.2. The highest BCUT2D eigenvalue weighted by molar-refractivity contribution is 5.69. The molecule has 0 radical (unpaired) electrons. The van der Waals surface area contributed by atoms with Crippen LogP contribution in [0.1, 0.15) is 145 Å². The summed E-state index contributed by atoms with van der Waals surface area (Å²) < 4.78 is 5.94. The molecule has 0 aliphatic carbocycles. The van der Waals surface area contributed by atoms with E-state index in [9.17, 15) is 4.79 Å². The minimum absolute atomic E-state index is 0.0974. The van der Waals surface area contributed by atoms with Gasteiger partial charge in [-0.1, -0.05) is 109 Å². The lowest BCUT2D eigenvalue weighted by atomic mass is 10.0. The molecule has 0 aromatic heterocycles. The van der Waals surface area contributed by atoms with Gasteiger partial charge in [0.15, 0.2) is 0 Å². The summed E-state index contributed by atoms with van der Waals surface area (Å²) in [6.45, 7) is 15.1. The van der Waals surface area contributed by atoms with Crippen LogP contribution in [-0.2, 0) is 9.53 Å². The highest BCUT2D eigenvalue weighted by Crippen LogP contribution is 2.16. The molecule has 0 N–H and O–H groups in total. The van der Waals surface area contributed by atoms with E-state index in [1.165, 1.54) is 48.0 Å². The molecule has 0 rings (SSSR count). The molecule has 0 spiro atoms. The lowest BCUT2D eigenvalue weighted by molar-refractivity contribution is -0.146. The minimum atomic E-state index is -0.195. The van der Waals surface area contributed by atoms with Crippen molar-refractivity contribution in [3.8, 4) is 0 Å². The van der Waals surface area contributed by atoms with Crippen molar-refractivity contribution in [1.82, 2.24) is 0 Å². The summed E-state index contributed by atoms with van der Waals surface area (Å²) in [5, 5.41) is 0. The van der Waals surface area contributed by atoms with Gasteiger partial charge in [-0.3, -0.25) is 4.79 Å². The van der Waals surface area contributed by atoms with E-state index >= 15 is 0 Å². The average molecular weight is 577 g/mol. The van der Waals surface area contributed by atoms with Crippen molar-refractivity contribution in [3.63, 3.8) is 0 Å². The summed E-state index contributed by atoms with van der Waals surface area (Å²) >= 11 is 0. The van der Waals surface area contributed by atoms with Crippen molar-refractivity contribution in [2.75, 3.05) is 0 Å². The van der Waals surface area contributed by atoms with Crippen molar-refractivity contribution in [1.29, 1.82) is 0 Å². The van der Waals surface area contributed by atoms with Gasteiger partial charge in [-0.15, -0.1) is 0 Å². The Kier molecular flexibility index (Phi) is 26.7. The topological polar surface area (TPSA) is 26.3 Å². The summed E-state index contributed by atoms with van der Waals surface area (Å²) in [7, 11) is 0. The molecule has 1 unspecified atom stereocenters. The molecule has 0 amide bonds. The van der Waals surface area contributed by atoms with E-state index in [-0.39, 0.29) is 12.1 Å². The zero-order valence-electron chi connectivity index (χ0n) is 28.4. The first-order valence-corrected chi connectivity index (χ1v) is 16.6. The first kappa shape index (κ1) is 39.4. The SMILES string of the molecule is CCCCCC=CCC=CCC=CCC=CCCCC(=O)OC(C=C(C)CCC=C(C)C)CC=C(C)CCC=C(C)C. The average Bonchev–Trinajstić information content (AvgIpc) is 2.93. The zero-order chi connectivity index (χ0) is 31.3. The molecule has 0 aromatic carbocycles. The smallest absolute Gasteiger partial charge is 0.306 e. The number of hydrogen-bond acceptors (Lipinski definition) is 2. The number of carbonyl (C=O) groups excluding carboxylic acids is 1. The van der Waals surface area contributed by atoms with Crippen molar-refractivity contribution in [2.24, 2.45) is 0 Å². The molecule has 0 bridgehead atoms. The highest BCUT2D eigenvalue weighted by Gasteiger charge is 2.11. The fourth-order valence-electron chi connectivity index (χ4n) is 4.30. The van der Waals surface area contributed by atoms with Gasteiger partial charge in [0.05, 0.1) is 0 Å². The van der Waals surface area contributed by atoms with Crippen LogP contribution in [0.5, 0.6) is 0 Å². The van der Waals surface area contributed by atoms with Gasteiger partial charge in [0, 0.05) is 12.8 Å². The van der Waals surface area contributed by atoms with Crippen molar-refractivity contribution >= 4 is 5.97 Å². The van der Waals surface area contributed by atoms with Gasteiger partial charge in [0.2, 0.25) is 0 Å². The van der Waals surface area contributed by atoms with Crippen LogP contribution in [0.25, 0.3) is 0 Å². The van der Waals surface area contributed by atoms with Gasteiger partial charge in [-0.2, -0.15) is 0 Å². The Bertz CT molecular complexity index is 925. The van der Waals surface area contributed by atoms with E-state index in [1.807, 2.05) is 0 Å². The Labute approximate surface area is 261 Å². The molecule has 2 heteroatoms. The van der Waals surface area contributed by atoms with E-state index in [2.05, 4.69) is 121 Å². The standard InChI is InChI=1S/C40H64O2/c1-8-9-10-11-12-13-14-15-16-17-18-19-20-21-22-23-24-31-40(41)42-39(34-38(7)30-26-28-36(4)5)33-32-37(6)29-25-27-35(2)3/h12-13,15-16,18-19,21-22,27-28,32,34,39H,8-11,14,17,20,23-26,29-31,33H2,1-7H3. The Morgan fingerprint density at radius 1 is 0.571 bits per heavy atom. The van der Waals surface area contributed by atoms with E-state index in [0.29, 0.717) is 6.42 Å². The van der Waals surface area contributed by atoms with Crippen LogP contribution in [0.3, 0.4) is 0 Å². The van der Waals surface area contributed by atoms with Crippen molar-refractivity contribution in [3.05, 3.63) is 95.2 Å². The van der Waals surface area contributed by atoms with Gasteiger partial charge in [-0.05, 0) is 118 Å². The van der Waals surface area contributed by atoms with Crippen LogP contribution < -0.4 is 0 Å². The van der Waals surface area contributed by atoms with Gasteiger partial charge in [0.25, 0.3) is 0 Å². The molecule has 0 aliphatic heterocycles. The van der Waals surface area contributed by atoms with Crippen molar-refractivity contribution in [2.45, 2.75) is 151 Å². The first-order valence-electron chi connectivity index (χ1n) is 16.6. The normalized spacial score (nSPS) is 13.5. The predicted molar refractivity (Wildman–Crippen MR) is 188 cm³/mol. The lowest BCUT2D eigenvalue weighted by Crippen LogP contribution is -2.16. The Morgan fingerprint density at radius 3 is 1.60 bits per heavy atom. The number of ether oxygens (including phenoxy) is 1. The van der Waals surface area contributed by atoms with Crippen LogP contribution >= 0.6 is 0 Å². The molecule has 42 heavy (non-hydrogen) atoms. The van der Waals surface area contributed by atoms with Crippen LogP contribution in [-0.4, -0.2) is 12.1 Å². The number of esters is 1. The molecule has 0 saturated carbocycles. The van der Waals surface area contributed by atoms with Crippen LogP contribution in [0.4, 0.5) is 0 Å². The largest absolute Gasteiger partial charge is 0.458 e. The third-order valence-electron chi connectivity index (χ3n) is 6.84. The molecule has 0 fully saturated rings. The summed E-state index contributed by atoms with van der Waals surface area (Å²) in [4.78, 5) is 12.7. The number of unbranched alkanes of at least 4 members (excludes halogenated alkanes) is 4. The van der Waals surface area contributed by atoms with Crippen LogP contribution in [0, 0.1) is 0 Å². The maximum Gasteiger partial charge on any atom is 0.306 e. The fraction of sp³-hybridized carbons (Fsp3) is 0.575. The molecule has 0 heterocycles. The van der Waals surface area contributed by atoms with E-state index in [0.717, 1.165) is 64.2 Å². The second-order valence-electron chi connectivity index (χ2n) is 11.9. The number of rotatable bonds is 24. The third-order valence-corrected chi connectivity index (χ3v) is 6.84. The fourth-order valence-corrected chi connectivity index (χ4v) is 4.30. The second-order valence-corrected chi connectivity index (χ2v) is 11.9. The van der Waals surface area contributed by atoms with Gasteiger partial charge >= 0.3 is 5.97 Å². The molecule has 236 valence electrons. The summed E-state index contributed by atoms with van der Waals surface area (Å²) in [5.41, 5.74) is 5.33. The molecule has 0 aliphatic rings. The van der Waals surface area contributed by atoms with E-state index in [1.54, 1.807) is 0 Å². The van der Waals surface area contributed by atoms with E-state index in [4.69, 9.17) is 4.74 Å². The summed E-state index contributed by atoms with van der Waals surface area (Å²) in [6, 6.07) is 0. The molecule has 1 atom stereocenters. The van der Waals surface area contributed by atoms with Gasteiger partial charge in [0.1, 0.15) is 6.10 Å². The Hall–Kier alpha value is -2.61. The molecule has 2 nitrogen and oxygen atoms in total. The number of hydrogen-bond donors (Lipinski definition) is 0. The maximum absolute atomic E-state index is 12.7. The van der Waals surface area contributed by atoms with Gasteiger partial charge < -0.3 is 4.74 Å². The molecular weight excluding hydrogens is 512 g/mol. The maximum atomic E-state index is 12.7. The lowest BCUT2D eigenvalue weighted by Gasteiger charge is -2.15. The summed E-state index contributed by atoms with van der Waals surface area (Å²) in [5.74, 6) is -0.0974. The van der Waals surface area contributed by atoms with Crippen LogP contribution in [0.2, 0.25) is 0 Å². The quantitative estimate of drug-likeness (QED) is 0.0649. The number of carbonyl (C=O) groups is 1. The summed E-state index contributed by atoms with van der Waals surface area (Å²) in [6.07, 6.45) is 41.7. The van der Waals surface area contributed by atoms with Crippen LogP contribution in [0.15, 0.2) is 95.2 Å². The Morgan fingerprint density at radius 2 is 1.07 bits per heavy atom. The van der Waals surface area contributed by atoms with E-state index < -0.39 is 0 Å². The molecular formula is C40H64O2. The highest BCUT2D eigenvalue weighted by atomic mass is 16.5. The second kappa shape index (κ2) is 28.5. The molecule has 0 aromatic rings. The number of allylic oxidation sites excluding steroid dienone is 14. The minimum Gasteiger partial charge on any atom is -0.458 e. The predicted octanol–water partition coefficient (Wildman–Crippen LogP) is 12.8. The van der Waals surface area contributed by atoms with Gasteiger partial charge in [-0.25, -0.2) is 0 Å². The third kappa shape index (κ3) is 28.9. The molecule has 0 saturated heterocycles. The zero-order valence-corrected chi connectivity index (χ0v) is 28.4. The Balaban J connectivity index is 4.49.